The third-order valence-electron chi connectivity index (χ3n) is 2.57. The van der Waals surface area contributed by atoms with Crippen molar-refractivity contribution in [2.75, 3.05) is 24.5 Å². The summed E-state index contributed by atoms with van der Waals surface area (Å²) < 4.78 is 0. The predicted octanol–water partition coefficient (Wildman–Crippen LogP) is 0.280. The average molecular weight is 216 g/mol. The number of pyridine rings is 1. The molecule has 0 aliphatic carbocycles. The Morgan fingerprint density at radius 2 is 2.38 bits per heavy atom. The van der Waals surface area contributed by atoms with E-state index in [4.69, 9.17) is 5.26 Å². The van der Waals surface area contributed by atoms with Crippen molar-refractivity contribution >= 4 is 11.6 Å². The van der Waals surface area contributed by atoms with Crippen molar-refractivity contribution in [2.45, 2.75) is 6.42 Å². The zero-order chi connectivity index (χ0) is 11.4. The minimum atomic E-state index is 0.0601. The Labute approximate surface area is 93.7 Å². The Balaban J connectivity index is 2.23. The number of hydrogen-bond acceptors (Lipinski definition) is 4. The van der Waals surface area contributed by atoms with Gasteiger partial charge in [-0.15, -0.1) is 0 Å². The fraction of sp³-hybridized carbons (Fsp3) is 0.364. The van der Waals surface area contributed by atoms with Gasteiger partial charge >= 0.3 is 0 Å². The molecule has 1 aliphatic rings. The molecule has 5 heteroatoms. The zero-order valence-corrected chi connectivity index (χ0v) is 8.81. The smallest absolute Gasteiger partial charge is 0.221 e. The molecule has 0 radical (unpaired) electrons. The van der Waals surface area contributed by atoms with Gasteiger partial charge in [0.05, 0.1) is 17.4 Å². The molecule has 1 aromatic heterocycles. The van der Waals surface area contributed by atoms with Crippen LogP contribution in [0.15, 0.2) is 18.5 Å². The maximum Gasteiger partial charge on any atom is 0.221 e. The van der Waals surface area contributed by atoms with Crippen LogP contribution in [0.4, 0.5) is 5.69 Å². The third kappa shape index (κ3) is 2.11. The lowest BCUT2D eigenvalue weighted by molar-refractivity contribution is -0.120. The van der Waals surface area contributed by atoms with E-state index in [0.29, 0.717) is 31.6 Å². The molecule has 1 fully saturated rings. The first-order valence-electron chi connectivity index (χ1n) is 5.17. The molecule has 5 nitrogen and oxygen atoms in total. The van der Waals surface area contributed by atoms with E-state index >= 15 is 0 Å². The van der Waals surface area contributed by atoms with Gasteiger partial charge in [-0.1, -0.05) is 0 Å². The van der Waals surface area contributed by atoms with Crippen molar-refractivity contribution < 1.29 is 4.79 Å². The number of rotatable bonds is 1. The van der Waals surface area contributed by atoms with E-state index in [1.54, 1.807) is 18.5 Å². The van der Waals surface area contributed by atoms with Gasteiger partial charge in [-0.2, -0.15) is 5.26 Å². The summed E-state index contributed by atoms with van der Waals surface area (Å²) in [5.41, 5.74) is 1.41. The van der Waals surface area contributed by atoms with Gasteiger partial charge in [-0.3, -0.25) is 9.78 Å². The largest absolute Gasteiger partial charge is 0.367 e. The quantitative estimate of drug-likeness (QED) is 0.732. The van der Waals surface area contributed by atoms with Crippen LogP contribution in [0, 0.1) is 11.3 Å². The van der Waals surface area contributed by atoms with Crippen molar-refractivity contribution in [1.29, 1.82) is 5.26 Å². The maximum absolute atomic E-state index is 11.2. The zero-order valence-electron chi connectivity index (χ0n) is 8.81. The maximum atomic E-state index is 11.2. The topological polar surface area (TPSA) is 69.0 Å². The lowest BCUT2D eigenvalue weighted by Crippen LogP contribution is -2.29. The van der Waals surface area contributed by atoms with Crippen LogP contribution in [0.5, 0.6) is 0 Å². The number of nitriles is 1. The normalized spacial score (nSPS) is 16.2. The molecule has 1 amide bonds. The molecule has 1 N–H and O–H groups in total. The summed E-state index contributed by atoms with van der Waals surface area (Å²) >= 11 is 0. The number of hydrogen-bond donors (Lipinski definition) is 1. The molecule has 0 saturated carbocycles. The predicted molar refractivity (Wildman–Crippen MR) is 58.8 cm³/mol. The van der Waals surface area contributed by atoms with Crippen LogP contribution in [0.25, 0.3) is 0 Å². The highest BCUT2D eigenvalue weighted by Gasteiger charge is 2.16. The number of nitrogens with zero attached hydrogens (tertiary/aromatic N) is 3. The summed E-state index contributed by atoms with van der Waals surface area (Å²) in [6.45, 7) is 1.96. The number of carbonyl (C=O) groups excluding carboxylic acids is 1. The van der Waals surface area contributed by atoms with Crippen molar-refractivity contribution in [2.24, 2.45) is 0 Å². The first kappa shape index (κ1) is 10.4. The Hall–Kier alpha value is -2.09. The van der Waals surface area contributed by atoms with Crippen LogP contribution < -0.4 is 10.2 Å². The van der Waals surface area contributed by atoms with Crippen LogP contribution in [-0.2, 0) is 4.79 Å². The molecular weight excluding hydrogens is 204 g/mol. The molecule has 0 aromatic carbocycles. The van der Waals surface area contributed by atoms with Crippen LogP contribution in [0.3, 0.4) is 0 Å². The second-order valence-electron chi connectivity index (χ2n) is 3.59. The highest BCUT2D eigenvalue weighted by molar-refractivity contribution is 5.77. The van der Waals surface area contributed by atoms with Gasteiger partial charge in [0.15, 0.2) is 0 Å². The summed E-state index contributed by atoms with van der Waals surface area (Å²) in [6, 6.07) is 3.83. The molecule has 1 aromatic rings. The minimum absolute atomic E-state index is 0.0601. The monoisotopic (exact) mass is 216 g/mol. The highest BCUT2D eigenvalue weighted by Crippen LogP contribution is 2.18. The van der Waals surface area contributed by atoms with Gasteiger partial charge in [0.2, 0.25) is 5.91 Å². The van der Waals surface area contributed by atoms with E-state index in [0.717, 1.165) is 5.69 Å². The van der Waals surface area contributed by atoms with Gasteiger partial charge in [0, 0.05) is 32.3 Å². The lowest BCUT2D eigenvalue weighted by Gasteiger charge is -2.22. The summed E-state index contributed by atoms with van der Waals surface area (Å²) in [5, 5.41) is 11.8. The molecule has 0 spiro atoms. The van der Waals surface area contributed by atoms with Crippen LogP contribution in [-0.4, -0.2) is 30.5 Å². The van der Waals surface area contributed by atoms with Crippen LogP contribution >= 0.6 is 0 Å². The second kappa shape index (κ2) is 4.62. The molecular formula is C11H12N4O. The van der Waals surface area contributed by atoms with Crippen LogP contribution in [0.1, 0.15) is 12.0 Å². The summed E-state index contributed by atoms with van der Waals surface area (Å²) in [7, 11) is 0. The molecule has 0 bridgehead atoms. The fourth-order valence-corrected chi connectivity index (χ4v) is 1.74. The fourth-order valence-electron chi connectivity index (χ4n) is 1.74. The minimum Gasteiger partial charge on any atom is -0.367 e. The number of aromatic nitrogens is 1. The number of carbonyl (C=O) groups is 1. The summed E-state index contributed by atoms with van der Waals surface area (Å²) in [6.07, 6.45) is 3.73. The lowest BCUT2D eigenvalue weighted by atomic mass is 10.2. The number of nitrogens with one attached hydrogen (secondary N) is 1. The SMILES string of the molecule is N#Cc1ccncc1N1CCNC(=O)CC1. The van der Waals surface area contributed by atoms with E-state index < -0.39 is 0 Å². The van der Waals surface area contributed by atoms with E-state index in [1.165, 1.54) is 0 Å². The van der Waals surface area contributed by atoms with Gasteiger partial charge in [-0.05, 0) is 6.07 Å². The second-order valence-corrected chi connectivity index (χ2v) is 3.59. The molecule has 1 saturated heterocycles. The first-order valence-corrected chi connectivity index (χ1v) is 5.17. The molecule has 1 aliphatic heterocycles. The van der Waals surface area contributed by atoms with Gasteiger partial charge in [0.25, 0.3) is 0 Å². The molecule has 0 unspecified atom stereocenters. The highest BCUT2D eigenvalue weighted by atomic mass is 16.1. The van der Waals surface area contributed by atoms with Crippen LogP contribution in [0.2, 0.25) is 0 Å². The Morgan fingerprint density at radius 3 is 3.19 bits per heavy atom. The molecule has 0 atom stereocenters. The van der Waals surface area contributed by atoms with Gasteiger partial charge in [-0.25, -0.2) is 0 Å². The number of amides is 1. The van der Waals surface area contributed by atoms with E-state index in [1.807, 2.05) is 4.90 Å². The number of anilines is 1. The van der Waals surface area contributed by atoms with E-state index in [-0.39, 0.29) is 5.91 Å². The van der Waals surface area contributed by atoms with Crippen molar-refractivity contribution in [1.82, 2.24) is 10.3 Å². The molecule has 16 heavy (non-hydrogen) atoms. The van der Waals surface area contributed by atoms with Crippen molar-refractivity contribution in [3.8, 4) is 6.07 Å². The van der Waals surface area contributed by atoms with Crippen molar-refractivity contribution in [3.05, 3.63) is 24.0 Å². The summed E-state index contributed by atoms with van der Waals surface area (Å²) in [4.78, 5) is 17.2. The van der Waals surface area contributed by atoms with E-state index in [2.05, 4.69) is 16.4 Å². The average Bonchev–Trinajstić information content (AvgIpc) is 2.54. The van der Waals surface area contributed by atoms with Gasteiger partial charge < -0.3 is 10.2 Å². The summed E-state index contributed by atoms with van der Waals surface area (Å²) in [5.74, 6) is 0.0601. The molecule has 2 heterocycles. The molecule has 82 valence electrons. The Kier molecular flexibility index (Phi) is 3.01. The standard InChI is InChI=1S/C11H12N4O/c12-7-9-1-3-13-8-10(9)15-5-2-11(16)14-4-6-15/h1,3,8H,2,4-6H2,(H,14,16). The Bertz CT molecular complexity index is 438. The van der Waals surface area contributed by atoms with Crippen molar-refractivity contribution in [3.63, 3.8) is 0 Å². The third-order valence-corrected chi connectivity index (χ3v) is 2.57. The Morgan fingerprint density at radius 1 is 1.50 bits per heavy atom. The van der Waals surface area contributed by atoms with E-state index in [9.17, 15) is 4.79 Å². The van der Waals surface area contributed by atoms with Gasteiger partial charge in [0.1, 0.15) is 6.07 Å². The first-order chi connectivity index (χ1) is 7.81. The molecule has 2 rings (SSSR count).